The summed E-state index contributed by atoms with van der Waals surface area (Å²) >= 11 is 0. The van der Waals surface area contributed by atoms with E-state index >= 15 is 0 Å². The second-order valence-corrected chi connectivity index (χ2v) is 7.28. The van der Waals surface area contributed by atoms with Crippen LogP contribution in [0.3, 0.4) is 0 Å². The molecule has 1 aliphatic rings. The molecule has 5 rings (SSSR count). The number of nitrogens with one attached hydrogen (secondary N) is 1. The molecule has 31 heavy (non-hydrogen) atoms. The van der Waals surface area contributed by atoms with Crippen molar-refractivity contribution < 1.29 is 4.74 Å². The van der Waals surface area contributed by atoms with E-state index in [1.807, 2.05) is 77.4 Å². The number of rotatable bonds is 5. The number of allylic oxidation sites excluding steroid dienone is 3. The molecular weight excluding hydrogens is 386 g/mol. The first-order valence-corrected chi connectivity index (χ1v) is 10.3. The van der Waals surface area contributed by atoms with Crippen molar-refractivity contribution in [1.82, 2.24) is 9.55 Å². The topological polar surface area (TPSA) is 56.2 Å². The molecule has 5 nitrogen and oxygen atoms in total. The highest BCUT2D eigenvalue weighted by Gasteiger charge is 2.14. The maximum atomic E-state index is 12.9. The van der Waals surface area contributed by atoms with E-state index in [0.29, 0.717) is 22.8 Å². The van der Waals surface area contributed by atoms with E-state index in [1.165, 1.54) is 0 Å². The third kappa shape index (κ3) is 3.98. The molecule has 0 saturated carbocycles. The minimum atomic E-state index is -0.0937. The molecular formula is C26H21N3O2. The molecule has 0 amide bonds. The van der Waals surface area contributed by atoms with Crippen molar-refractivity contribution in [2.24, 2.45) is 0 Å². The maximum absolute atomic E-state index is 12.9. The summed E-state index contributed by atoms with van der Waals surface area (Å²) < 4.78 is 7.96. The normalized spacial score (nSPS) is 13.1. The molecule has 0 unspecified atom stereocenters. The van der Waals surface area contributed by atoms with Gasteiger partial charge in [0.05, 0.1) is 10.9 Å². The number of hydrogen-bond acceptors (Lipinski definition) is 4. The van der Waals surface area contributed by atoms with Crippen LogP contribution in [-0.2, 0) is 0 Å². The number of hydrogen-bond donors (Lipinski definition) is 1. The second kappa shape index (κ2) is 8.32. The maximum Gasteiger partial charge on any atom is 0.221 e. The highest BCUT2D eigenvalue weighted by molar-refractivity contribution is 5.83. The van der Waals surface area contributed by atoms with Gasteiger partial charge < -0.3 is 10.1 Å². The first-order valence-electron chi connectivity index (χ1n) is 10.3. The Balaban J connectivity index is 1.69. The summed E-state index contributed by atoms with van der Waals surface area (Å²) in [4.78, 5) is 17.3. The van der Waals surface area contributed by atoms with Gasteiger partial charge in [-0.25, -0.2) is 4.98 Å². The van der Waals surface area contributed by atoms with Crippen LogP contribution in [0.1, 0.15) is 12.8 Å². The Kier molecular flexibility index (Phi) is 5.07. The van der Waals surface area contributed by atoms with Crippen LogP contribution < -0.4 is 15.5 Å². The molecule has 2 aromatic heterocycles. The van der Waals surface area contributed by atoms with E-state index in [0.717, 1.165) is 29.7 Å². The number of anilines is 1. The van der Waals surface area contributed by atoms with Gasteiger partial charge in [0.2, 0.25) is 5.88 Å². The predicted octanol–water partition coefficient (Wildman–Crippen LogP) is 5.82. The Hall–Kier alpha value is -4.12. The first-order chi connectivity index (χ1) is 15.3. The van der Waals surface area contributed by atoms with Crippen LogP contribution in [0.25, 0.3) is 16.6 Å². The average molecular weight is 407 g/mol. The van der Waals surface area contributed by atoms with Crippen LogP contribution in [0.4, 0.5) is 5.82 Å². The van der Waals surface area contributed by atoms with Gasteiger partial charge in [-0.2, -0.15) is 0 Å². The highest BCUT2D eigenvalue weighted by atomic mass is 16.5. The van der Waals surface area contributed by atoms with Crippen LogP contribution in [-0.4, -0.2) is 9.55 Å². The smallest absolute Gasteiger partial charge is 0.221 e. The predicted molar refractivity (Wildman–Crippen MR) is 124 cm³/mol. The number of aromatic nitrogens is 2. The van der Waals surface area contributed by atoms with Crippen molar-refractivity contribution in [3.8, 4) is 17.3 Å². The zero-order valence-electron chi connectivity index (χ0n) is 16.9. The minimum Gasteiger partial charge on any atom is -0.439 e. The lowest BCUT2D eigenvalue weighted by Gasteiger charge is -2.20. The Morgan fingerprint density at radius 2 is 1.71 bits per heavy atom. The summed E-state index contributed by atoms with van der Waals surface area (Å²) in [7, 11) is 0. The minimum absolute atomic E-state index is 0.0937. The van der Waals surface area contributed by atoms with Gasteiger partial charge in [-0.15, -0.1) is 0 Å². The van der Waals surface area contributed by atoms with Crippen molar-refractivity contribution in [2.45, 2.75) is 12.8 Å². The van der Waals surface area contributed by atoms with Crippen molar-refractivity contribution in [2.75, 3.05) is 5.32 Å². The molecule has 0 radical (unpaired) electrons. The lowest BCUT2D eigenvalue weighted by molar-refractivity contribution is 0.464. The summed E-state index contributed by atoms with van der Waals surface area (Å²) in [6.45, 7) is 0. The van der Waals surface area contributed by atoms with E-state index in [4.69, 9.17) is 4.74 Å². The van der Waals surface area contributed by atoms with E-state index in [-0.39, 0.29) is 5.43 Å². The fraction of sp³-hybridized carbons (Fsp3) is 0.0769. The van der Waals surface area contributed by atoms with E-state index in [1.54, 1.807) is 12.3 Å². The quantitative estimate of drug-likeness (QED) is 0.453. The molecule has 5 heteroatoms. The first kappa shape index (κ1) is 18.9. The molecule has 0 spiro atoms. The van der Waals surface area contributed by atoms with Gasteiger partial charge in [-0.05, 0) is 43.2 Å². The van der Waals surface area contributed by atoms with Crippen LogP contribution in [0.15, 0.2) is 108 Å². The molecule has 0 aliphatic heterocycles. The SMILES string of the molecule is O=c1cc(NC2=CCCC=C2)n(-c2ccccc2)c2cc(Oc3ccccc3)ncc12. The number of para-hydroxylation sites is 2. The van der Waals surface area contributed by atoms with Crippen molar-refractivity contribution in [3.63, 3.8) is 0 Å². The van der Waals surface area contributed by atoms with Gasteiger partial charge in [0, 0.05) is 29.7 Å². The standard InChI is InChI=1S/C26H21N3O2/c30-24-17-25(28-19-10-4-1-5-11-19)29(20-12-6-2-7-13-20)23-16-26(27-18-22(23)24)31-21-14-8-3-9-15-21/h2-4,6-18,28H,1,5H2. The summed E-state index contributed by atoms with van der Waals surface area (Å²) in [6, 6.07) is 22.9. The molecule has 152 valence electrons. The van der Waals surface area contributed by atoms with Crippen molar-refractivity contribution in [1.29, 1.82) is 0 Å². The van der Waals surface area contributed by atoms with E-state index in [2.05, 4.69) is 22.5 Å². The molecule has 0 atom stereocenters. The van der Waals surface area contributed by atoms with Gasteiger partial charge in [-0.3, -0.25) is 9.36 Å². The van der Waals surface area contributed by atoms with Crippen LogP contribution >= 0.6 is 0 Å². The van der Waals surface area contributed by atoms with Gasteiger partial charge in [0.15, 0.2) is 5.43 Å². The number of benzene rings is 2. The lowest BCUT2D eigenvalue weighted by Crippen LogP contribution is -2.14. The Labute approximate surface area is 180 Å². The molecule has 0 bridgehead atoms. The zero-order chi connectivity index (χ0) is 21.0. The summed E-state index contributed by atoms with van der Waals surface area (Å²) in [6.07, 6.45) is 9.90. The Morgan fingerprint density at radius 3 is 2.45 bits per heavy atom. The molecule has 1 aliphatic carbocycles. The van der Waals surface area contributed by atoms with Crippen molar-refractivity contribution >= 4 is 16.7 Å². The fourth-order valence-electron chi connectivity index (χ4n) is 3.66. The molecule has 1 N–H and O–H groups in total. The molecule has 2 heterocycles. The Morgan fingerprint density at radius 1 is 0.935 bits per heavy atom. The van der Waals surface area contributed by atoms with Gasteiger partial charge in [0.1, 0.15) is 11.6 Å². The van der Waals surface area contributed by atoms with Crippen LogP contribution in [0.2, 0.25) is 0 Å². The lowest BCUT2D eigenvalue weighted by atomic mass is 10.1. The third-order valence-electron chi connectivity index (χ3n) is 5.12. The fourth-order valence-corrected chi connectivity index (χ4v) is 3.66. The molecule has 0 saturated heterocycles. The number of ether oxygens (including phenoxy) is 1. The summed E-state index contributed by atoms with van der Waals surface area (Å²) in [5.41, 5.74) is 2.54. The third-order valence-corrected chi connectivity index (χ3v) is 5.12. The van der Waals surface area contributed by atoms with Gasteiger partial charge >= 0.3 is 0 Å². The largest absolute Gasteiger partial charge is 0.439 e. The zero-order valence-corrected chi connectivity index (χ0v) is 16.9. The summed E-state index contributed by atoms with van der Waals surface area (Å²) in [5.74, 6) is 1.81. The van der Waals surface area contributed by atoms with Crippen LogP contribution in [0, 0.1) is 0 Å². The number of pyridine rings is 2. The molecule has 2 aromatic carbocycles. The monoisotopic (exact) mass is 407 g/mol. The van der Waals surface area contributed by atoms with E-state index in [9.17, 15) is 4.79 Å². The van der Waals surface area contributed by atoms with Crippen molar-refractivity contribution in [3.05, 3.63) is 113 Å². The molecule has 0 fully saturated rings. The van der Waals surface area contributed by atoms with Gasteiger partial charge in [0.25, 0.3) is 0 Å². The van der Waals surface area contributed by atoms with E-state index < -0.39 is 0 Å². The highest BCUT2D eigenvalue weighted by Crippen LogP contribution is 2.27. The van der Waals surface area contributed by atoms with Gasteiger partial charge in [-0.1, -0.05) is 48.6 Å². The summed E-state index contributed by atoms with van der Waals surface area (Å²) in [5, 5.41) is 3.96. The molecule has 4 aromatic rings. The average Bonchev–Trinajstić information content (AvgIpc) is 2.81. The second-order valence-electron chi connectivity index (χ2n) is 7.28. The Bertz CT molecular complexity index is 1340. The van der Waals surface area contributed by atoms with Crippen LogP contribution in [0.5, 0.6) is 11.6 Å². The number of nitrogens with zero attached hydrogens (tertiary/aromatic N) is 2. The number of fused-ring (bicyclic) bond motifs is 1.